The second-order valence-corrected chi connectivity index (χ2v) is 13.1. The molecule has 7 nitrogen and oxygen atoms in total. The Morgan fingerprint density at radius 3 is 2.35 bits per heavy atom. The lowest BCUT2D eigenvalue weighted by Crippen LogP contribution is -2.61. The van der Waals surface area contributed by atoms with Crippen molar-refractivity contribution in [1.29, 1.82) is 0 Å². The van der Waals surface area contributed by atoms with Gasteiger partial charge in [-0.25, -0.2) is 0 Å². The lowest BCUT2D eigenvalue weighted by molar-refractivity contribution is -0.155. The van der Waals surface area contributed by atoms with Gasteiger partial charge in [-0.05, 0) is 87.2 Å². The van der Waals surface area contributed by atoms with Crippen molar-refractivity contribution in [1.82, 2.24) is 0 Å². The van der Waals surface area contributed by atoms with Gasteiger partial charge in [0, 0.05) is 17.8 Å². The molecular weight excluding hydrogens is 436 g/mol. The van der Waals surface area contributed by atoms with E-state index in [9.17, 15) is 35.4 Å². The largest absolute Gasteiger partial charge is 0.390 e. The number of carbonyl (C=O) groups is 1. The lowest BCUT2D eigenvalue weighted by atomic mass is 9.46. The van der Waals surface area contributed by atoms with E-state index in [1.165, 1.54) is 0 Å². The van der Waals surface area contributed by atoms with Crippen LogP contribution in [0, 0.1) is 34.5 Å². The molecule has 0 aromatic heterocycles. The summed E-state index contributed by atoms with van der Waals surface area (Å²) in [4.78, 5) is 13.2. The number of ketones is 1. The molecule has 0 radical (unpaired) electrons. The second-order valence-electron chi connectivity index (χ2n) is 13.1. The molecule has 6 N–H and O–H groups in total. The highest BCUT2D eigenvalue weighted by atomic mass is 16.3. The Balaban J connectivity index is 1.64. The number of hydrogen-bond donors (Lipinski definition) is 6. The maximum Gasteiger partial charge on any atom is 0.159 e. The van der Waals surface area contributed by atoms with E-state index < -0.39 is 46.4 Å². The third kappa shape index (κ3) is 3.82. The van der Waals surface area contributed by atoms with E-state index >= 15 is 0 Å². The summed E-state index contributed by atoms with van der Waals surface area (Å²) in [5, 5.41) is 64.5. The van der Waals surface area contributed by atoms with Crippen LogP contribution in [0.5, 0.6) is 0 Å². The monoisotopic (exact) mass is 480 g/mol. The highest BCUT2D eigenvalue weighted by molar-refractivity contribution is 5.95. The SMILES string of the molecule is CC([C@@H](O)C(O)CC(C)(C)O)[C@H]1CC[C@@]2(O)C3=CC(=O)[C@@H]4C[C@@H](O)[C@@H](O)C[C@]4(C)C3CC[C@]12C. The van der Waals surface area contributed by atoms with Gasteiger partial charge in [0.05, 0.1) is 35.6 Å². The Hall–Kier alpha value is -0.830. The molecule has 0 amide bonds. The number of allylic oxidation sites excluding steroid dienone is 1. The van der Waals surface area contributed by atoms with E-state index in [0.717, 1.165) is 12.0 Å². The molecule has 0 spiro atoms. The number of fused-ring (bicyclic) bond motifs is 5. The molecule has 3 unspecified atom stereocenters. The van der Waals surface area contributed by atoms with Crippen LogP contribution >= 0.6 is 0 Å². The van der Waals surface area contributed by atoms with E-state index in [1.807, 2.05) is 20.8 Å². The molecule has 194 valence electrons. The van der Waals surface area contributed by atoms with Gasteiger partial charge in [0.15, 0.2) is 5.78 Å². The third-order valence-electron chi connectivity index (χ3n) is 10.5. The van der Waals surface area contributed by atoms with E-state index in [0.29, 0.717) is 25.7 Å². The number of aliphatic hydroxyl groups excluding tert-OH is 4. The average molecular weight is 481 g/mol. The predicted octanol–water partition coefficient (Wildman–Crippen LogP) is 1.71. The zero-order valence-corrected chi connectivity index (χ0v) is 21.2. The van der Waals surface area contributed by atoms with Crippen molar-refractivity contribution in [2.24, 2.45) is 34.5 Å². The minimum Gasteiger partial charge on any atom is -0.390 e. The number of rotatable bonds is 5. The molecule has 7 heteroatoms. The molecule has 0 heterocycles. The van der Waals surface area contributed by atoms with Gasteiger partial charge >= 0.3 is 0 Å². The summed E-state index contributed by atoms with van der Waals surface area (Å²) < 4.78 is 0. The van der Waals surface area contributed by atoms with Gasteiger partial charge in [-0.2, -0.15) is 0 Å². The summed E-state index contributed by atoms with van der Waals surface area (Å²) in [6, 6.07) is 0. The quantitative estimate of drug-likeness (QED) is 0.352. The van der Waals surface area contributed by atoms with Gasteiger partial charge in [-0.1, -0.05) is 20.8 Å². The van der Waals surface area contributed by atoms with Crippen LogP contribution in [0.4, 0.5) is 0 Å². The number of hydrogen-bond acceptors (Lipinski definition) is 7. The highest BCUT2D eigenvalue weighted by Crippen LogP contribution is 2.68. The first-order valence-electron chi connectivity index (χ1n) is 13.0. The van der Waals surface area contributed by atoms with Crippen molar-refractivity contribution < 1.29 is 35.4 Å². The fourth-order valence-electron chi connectivity index (χ4n) is 8.48. The maximum atomic E-state index is 13.2. The molecule has 4 rings (SSSR count). The van der Waals surface area contributed by atoms with Gasteiger partial charge in [-0.3, -0.25) is 4.79 Å². The van der Waals surface area contributed by atoms with Crippen LogP contribution < -0.4 is 0 Å². The van der Waals surface area contributed by atoms with E-state index in [1.54, 1.807) is 19.9 Å². The van der Waals surface area contributed by atoms with Crippen LogP contribution in [-0.2, 0) is 4.79 Å². The first-order valence-corrected chi connectivity index (χ1v) is 13.0. The van der Waals surface area contributed by atoms with Crippen molar-refractivity contribution in [3.8, 4) is 0 Å². The van der Waals surface area contributed by atoms with Crippen LogP contribution in [0.25, 0.3) is 0 Å². The predicted molar refractivity (Wildman–Crippen MR) is 127 cm³/mol. The normalized spacial score (nSPS) is 47.2. The lowest BCUT2D eigenvalue weighted by Gasteiger charge is -2.60. The number of aliphatic hydroxyl groups is 6. The van der Waals surface area contributed by atoms with E-state index in [2.05, 4.69) is 0 Å². The summed E-state index contributed by atoms with van der Waals surface area (Å²) in [6.07, 6.45) is 1.01. The molecule has 4 aliphatic rings. The summed E-state index contributed by atoms with van der Waals surface area (Å²) in [6.45, 7) is 9.19. The molecule has 0 saturated heterocycles. The fraction of sp³-hybridized carbons (Fsp3) is 0.889. The van der Waals surface area contributed by atoms with Crippen molar-refractivity contribution in [2.75, 3.05) is 0 Å². The molecule has 34 heavy (non-hydrogen) atoms. The Morgan fingerprint density at radius 2 is 1.74 bits per heavy atom. The first-order chi connectivity index (χ1) is 15.5. The molecule has 11 atom stereocenters. The van der Waals surface area contributed by atoms with Crippen LogP contribution in [0.15, 0.2) is 11.6 Å². The standard InChI is InChI=1S/C27H44O7/c1-14(23(32)22(31)12-24(2,3)33)15-7-9-27(34)17-10-19(28)18-11-20(29)21(30)13-25(18,4)16(17)6-8-26(15,27)5/h10,14-16,18,20-23,29-34H,6-9,11-13H2,1-5H3/t14?,15-,16?,18+,20-,21+,22?,23-,25-,26-,27-/m1/s1. The Labute approximate surface area is 202 Å². The Morgan fingerprint density at radius 1 is 1.09 bits per heavy atom. The zero-order chi connectivity index (χ0) is 25.4. The fourth-order valence-corrected chi connectivity index (χ4v) is 8.48. The van der Waals surface area contributed by atoms with E-state index in [4.69, 9.17) is 0 Å². The van der Waals surface area contributed by atoms with Crippen molar-refractivity contribution >= 4 is 5.78 Å². The minimum absolute atomic E-state index is 0.0461. The molecule has 0 bridgehead atoms. The smallest absolute Gasteiger partial charge is 0.159 e. The summed E-state index contributed by atoms with van der Waals surface area (Å²) >= 11 is 0. The van der Waals surface area contributed by atoms with Gasteiger partial charge < -0.3 is 30.6 Å². The van der Waals surface area contributed by atoms with Crippen LogP contribution in [0.3, 0.4) is 0 Å². The van der Waals surface area contributed by atoms with Crippen molar-refractivity contribution in [3.63, 3.8) is 0 Å². The maximum absolute atomic E-state index is 13.2. The molecular formula is C27H44O7. The van der Waals surface area contributed by atoms with Gasteiger partial charge in [0.25, 0.3) is 0 Å². The highest BCUT2D eigenvalue weighted by Gasteiger charge is 2.67. The summed E-state index contributed by atoms with van der Waals surface area (Å²) in [5.41, 5.74) is -2.62. The second kappa shape index (κ2) is 8.35. The third-order valence-corrected chi connectivity index (χ3v) is 10.5. The van der Waals surface area contributed by atoms with Gasteiger partial charge in [-0.15, -0.1) is 0 Å². The Bertz CT molecular complexity index is 848. The molecule has 4 aliphatic carbocycles. The van der Waals surface area contributed by atoms with Gasteiger partial charge in [0.2, 0.25) is 0 Å². The minimum atomic E-state index is -1.19. The molecule has 0 aromatic rings. The van der Waals surface area contributed by atoms with Gasteiger partial charge in [0.1, 0.15) is 0 Å². The summed E-state index contributed by atoms with van der Waals surface area (Å²) in [7, 11) is 0. The zero-order valence-electron chi connectivity index (χ0n) is 21.2. The molecule has 3 saturated carbocycles. The van der Waals surface area contributed by atoms with Crippen molar-refractivity contribution in [3.05, 3.63) is 11.6 Å². The number of carbonyl (C=O) groups excluding carboxylic acids is 1. The van der Waals surface area contributed by atoms with Crippen LogP contribution in [-0.4, -0.2) is 72.0 Å². The first kappa shape index (κ1) is 26.2. The summed E-state index contributed by atoms with van der Waals surface area (Å²) in [5.74, 6) is -0.847. The van der Waals surface area contributed by atoms with Crippen molar-refractivity contribution in [2.45, 2.75) is 115 Å². The topological polar surface area (TPSA) is 138 Å². The molecule has 3 fully saturated rings. The average Bonchev–Trinajstić information content (AvgIpc) is 2.99. The molecule has 0 aromatic carbocycles. The van der Waals surface area contributed by atoms with E-state index in [-0.39, 0.29) is 42.3 Å². The molecule has 0 aliphatic heterocycles. The van der Waals surface area contributed by atoms with Crippen LogP contribution in [0.1, 0.15) is 79.6 Å². The Kier molecular flexibility index (Phi) is 6.45. The van der Waals surface area contributed by atoms with Crippen LogP contribution in [0.2, 0.25) is 0 Å².